The summed E-state index contributed by atoms with van der Waals surface area (Å²) < 4.78 is 7.52. The van der Waals surface area contributed by atoms with Crippen molar-refractivity contribution in [2.75, 3.05) is 12.4 Å². The molecule has 142 valence electrons. The zero-order valence-electron chi connectivity index (χ0n) is 15.9. The molecule has 2 aromatic heterocycles. The summed E-state index contributed by atoms with van der Waals surface area (Å²) in [7, 11) is 1.67. The lowest BCUT2D eigenvalue weighted by atomic mass is 10.2. The maximum atomic E-state index is 5.50. The van der Waals surface area contributed by atoms with E-state index in [1.165, 1.54) is 0 Å². The molecule has 1 aliphatic carbocycles. The summed E-state index contributed by atoms with van der Waals surface area (Å²) in [5.41, 5.74) is 3.75. The van der Waals surface area contributed by atoms with Crippen molar-refractivity contribution < 1.29 is 4.74 Å². The molecule has 0 unspecified atom stereocenters. The lowest BCUT2D eigenvalue weighted by molar-refractivity contribution is 0.413. The number of aromatic nitrogens is 4. The van der Waals surface area contributed by atoms with Crippen molar-refractivity contribution in [1.82, 2.24) is 19.7 Å². The fraction of sp³-hybridized carbons (Fsp3) is 0.0870. The van der Waals surface area contributed by atoms with Crippen LogP contribution in [0.4, 0.5) is 11.5 Å². The predicted octanol–water partition coefficient (Wildman–Crippen LogP) is 3.09. The molecular weight excluding hydrogens is 362 g/mol. The van der Waals surface area contributed by atoms with Crippen LogP contribution in [-0.2, 0) is 0 Å². The standard InChI is InChI=1S/C23H19N5O/c1-29-22-10-6-5-9-21(22)28-15-24-19-13-17(11-12-20(19)28)26-23-18-8-4-2-3-7-16(18)14-25-27-23/h2-3,5-15H,4H2,1H3,(H,26,27). The molecule has 0 spiro atoms. The molecule has 0 radical (unpaired) electrons. The maximum absolute atomic E-state index is 5.50. The van der Waals surface area contributed by atoms with Gasteiger partial charge in [-0.3, -0.25) is 4.57 Å². The van der Waals surface area contributed by atoms with Gasteiger partial charge in [-0.1, -0.05) is 36.4 Å². The Kier molecular flexibility index (Phi) is 4.29. The van der Waals surface area contributed by atoms with Crippen molar-refractivity contribution in [3.05, 3.63) is 77.6 Å². The van der Waals surface area contributed by atoms with Gasteiger partial charge >= 0.3 is 0 Å². The molecule has 0 aliphatic heterocycles. The molecule has 0 amide bonds. The summed E-state index contributed by atoms with van der Waals surface area (Å²) in [6.45, 7) is 0. The Morgan fingerprint density at radius 3 is 3.00 bits per heavy atom. The van der Waals surface area contributed by atoms with Crippen molar-refractivity contribution in [1.29, 1.82) is 0 Å². The molecule has 2 heterocycles. The Morgan fingerprint density at radius 1 is 1.14 bits per heavy atom. The average Bonchev–Trinajstić information content (AvgIpc) is 3.01. The number of rotatable bonds is 4. The van der Waals surface area contributed by atoms with E-state index in [4.69, 9.17) is 4.74 Å². The lowest BCUT2D eigenvalue weighted by Gasteiger charge is -2.10. The molecule has 1 aliphatic rings. The fourth-order valence-electron chi connectivity index (χ4n) is 3.53. The van der Waals surface area contributed by atoms with E-state index in [-0.39, 0.29) is 0 Å². The number of hydrogen-bond donors (Lipinski definition) is 1. The van der Waals surface area contributed by atoms with Crippen LogP contribution in [0.1, 0.15) is 6.42 Å². The third-order valence-electron chi connectivity index (χ3n) is 4.95. The van der Waals surface area contributed by atoms with Gasteiger partial charge in [0, 0.05) is 16.1 Å². The lowest BCUT2D eigenvalue weighted by Crippen LogP contribution is -2.29. The molecule has 0 fully saturated rings. The zero-order valence-corrected chi connectivity index (χ0v) is 15.9. The highest BCUT2D eigenvalue weighted by Gasteiger charge is 2.10. The normalized spacial score (nSPS) is 12.6. The van der Waals surface area contributed by atoms with E-state index in [1.54, 1.807) is 13.3 Å². The van der Waals surface area contributed by atoms with Gasteiger partial charge in [0.1, 0.15) is 12.1 Å². The van der Waals surface area contributed by atoms with Gasteiger partial charge in [0.25, 0.3) is 0 Å². The van der Waals surface area contributed by atoms with E-state index in [9.17, 15) is 0 Å². The average molecular weight is 381 g/mol. The number of imidazole rings is 1. The van der Waals surface area contributed by atoms with Crippen molar-refractivity contribution in [2.45, 2.75) is 6.42 Å². The Morgan fingerprint density at radius 2 is 2.07 bits per heavy atom. The van der Waals surface area contributed by atoms with Crippen LogP contribution in [0.15, 0.2) is 67.1 Å². The molecule has 0 atom stereocenters. The van der Waals surface area contributed by atoms with Crippen molar-refractivity contribution in [3.8, 4) is 11.4 Å². The number of ether oxygens (including phenoxy) is 1. The molecule has 4 aromatic rings. The van der Waals surface area contributed by atoms with Crippen LogP contribution in [0, 0.1) is 0 Å². The van der Waals surface area contributed by atoms with E-state index < -0.39 is 0 Å². The number of benzene rings is 2. The zero-order chi connectivity index (χ0) is 19.6. The predicted molar refractivity (Wildman–Crippen MR) is 115 cm³/mol. The van der Waals surface area contributed by atoms with Crippen LogP contribution in [0.5, 0.6) is 5.75 Å². The molecule has 29 heavy (non-hydrogen) atoms. The van der Waals surface area contributed by atoms with Crippen LogP contribution in [0.25, 0.3) is 28.9 Å². The Hall–Kier alpha value is -3.93. The fourth-order valence-corrected chi connectivity index (χ4v) is 3.53. The molecule has 1 N–H and O–H groups in total. The molecule has 0 saturated heterocycles. The van der Waals surface area contributed by atoms with Crippen LogP contribution in [0.2, 0.25) is 0 Å². The van der Waals surface area contributed by atoms with Gasteiger partial charge in [0.2, 0.25) is 0 Å². The van der Waals surface area contributed by atoms with Crippen molar-refractivity contribution in [3.63, 3.8) is 0 Å². The first-order chi connectivity index (χ1) is 14.3. The number of nitrogens with zero attached hydrogens (tertiary/aromatic N) is 4. The summed E-state index contributed by atoms with van der Waals surface area (Å²) in [5.74, 6) is 1.54. The minimum absolute atomic E-state index is 0.742. The SMILES string of the molecule is COc1ccccc1-n1cnc2cc(Nc3nncc4c3=CCC=CC=4)ccc21. The largest absolute Gasteiger partial charge is 0.495 e. The second-order valence-electron chi connectivity index (χ2n) is 6.71. The Balaban J connectivity index is 1.54. The molecular formula is C23H19N5O. The third kappa shape index (κ3) is 3.14. The molecule has 6 nitrogen and oxygen atoms in total. The van der Waals surface area contributed by atoms with E-state index in [0.29, 0.717) is 0 Å². The van der Waals surface area contributed by atoms with E-state index >= 15 is 0 Å². The first-order valence-corrected chi connectivity index (χ1v) is 9.40. The number of para-hydroxylation sites is 2. The van der Waals surface area contributed by atoms with Gasteiger partial charge in [-0.15, -0.1) is 5.10 Å². The number of fused-ring (bicyclic) bond motifs is 2. The van der Waals surface area contributed by atoms with Gasteiger partial charge < -0.3 is 10.1 Å². The van der Waals surface area contributed by atoms with E-state index in [1.807, 2.05) is 59.4 Å². The number of anilines is 2. The highest BCUT2D eigenvalue weighted by molar-refractivity contribution is 5.82. The minimum Gasteiger partial charge on any atom is -0.495 e. The first-order valence-electron chi connectivity index (χ1n) is 9.40. The monoisotopic (exact) mass is 381 g/mol. The summed E-state index contributed by atoms with van der Waals surface area (Å²) in [5, 5.41) is 13.9. The molecule has 0 bridgehead atoms. The van der Waals surface area contributed by atoms with Crippen LogP contribution >= 0.6 is 0 Å². The highest BCUT2D eigenvalue weighted by Crippen LogP contribution is 2.27. The van der Waals surface area contributed by atoms with Crippen molar-refractivity contribution in [2.24, 2.45) is 0 Å². The summed E-state index contributed by atoms with van der Waals surface area (Å²) in [6.07, 6.45) is 12.8. The Bertz CT molecular complexity index is 1350. The molecule has 6 heteroatoms. The van der Waals surface area contributed by atoms with Crippen LogP contribution in [0.3, 0.4) is 0 Å². The number of hydrogen-bond acceptors (Lipinski definition) is 5. The molecule has 2 aromatic carbocycles. The van der Waals surface area contributed by atoms with Gasteiger partial charge in [0.15, 0.2) is 5.82 Å². The highest BCUT2D eigenvalue weighted by atomic mass is 16.5. The summed E-state index contributed by atoms with van der Waals surface area (Å²) in [4.78, 5) is 4.58. The summed E-state index contributed by atoms with van der Waals surface area (Å²) in [6, 6.07) is 14.0. The molecule has 5 rings (SSSR count). The van der Waals surface area contributed by atoms with Crippen molar-refractivity contribution >= 4 is 34.7 Å². The number of allylic oxidation sites excluding steroid dienone is 2. The summed E-state index contributed by atoms with van der Waals surface area (Å²) >= 11 is 0. The topological polar surface area (TPSA) is 64.9 Å². The number of methoxy groups -OCH3 is 1. The maximum Gasteiger partial charge on any atom is 0.160 e. The smallest absolute Gasteiger partial charge is 0.160 e. The van der Waals surface area contributed by atoms with Gasteiger partial charge in [-0.2, -0.15) is 5.10 Å². The Labute approximate surface area is 167 Å². The van der Waals surface area contributed by atoms with Gasteiger partial charge in [-0.25, -0.2) is 4.98 Å². The second kappa shape index (κ2) is 7.24. The quantitative estimate of drug-likeness (QED) is 0.589. The van der Waals surface area contributed by atoms with Crippen LogP contribution in [-0.4, -0.2) is 26.9 Å². The van der Waals surface area contributed by atoms with Gasteiger partial charge in [0.05, 0.1) is 30.0 Å². The number of nitrogens with one attached hydrogen (secondary N) is 1. The molecule has 0 saturated carbocycles. The van der Waals surface area contributed by atoms with E-state index in [2.05, 4.69) is 38.7 Å². The third-order valence-corrected chi connectivity index (χ3v) is 4.95. The minimum atomic E-state index is 0.742. The van der Waals surface area contributed by atoms with Crippen LogP contribution < -0.4 is 20.5 Å². The first kappa shape index (κ1) is 17.2. The second-order valence-corrected chi connectivity index (χ2v) is 6.71. The van der Waals surface area contributed by atoms with E-state index in [0.717, 1.165) is 50.8 Å². The van der Waals surface area contributed by atoms with Gasteiger partial charge in [-0.05, 0) is 36.8 Å².